The molecule has 0 aliphatic rings. The molecule has 0 aliphatic heterocycles. The minimum Gasteiger partial charge on any atom is -0.375 e. The lowest BCUT2D eigenvalue weighted by molar-refractivity contribution is 1.29. The summed E-state index contributed by atoms with van der Waals surface area (Å²) >= 11 is 1.44. The number of aromatic nitrogens is 3. The number of thiazole rings is 1. The van der Waals surface area contributed by atoms with Gasteiger partial charge in [0.2, 0.25) is 0 Å². The second-order valence-electron chi connectivity index (χ2n) is 3.33. The number of pyridine rings is 2. The van der Waals surface area contributed by atoms with Gasteiger partial charge in [0.15, 0.2) is 5.13 Å². The third kappa shape index (κ3) is 1.51. The van der Waals surface area contributed by atoms with Gasteiger partial charge in [-0.15, -0.1) is 0 Å². The van der Waals surface area contributed by atoms with Crippen molar-refractivity contribution in [1.29, 1.82) is 0 Å². The molecule has 16 heavy (non-hydrogen) atoms. The second kappa shape index (κ2) is 3.53. The van der Waals surface area contributed by atoms with Gasteiger partial charge in [-0.1, -0.05) is 11.3 Å². The first-order valence-electron chi connectivity index (χ1n) is 4.75. The van der Waals surface area contributed by atoms with Crippen molar-refractivity contribution in [2.75, 3.05) is 5.73 Å². The summed E-state index contributed by atoms with van der Waals surface area (Å²) in [5, 5.41) is 0.570. The maximum absolute atomic E-state index is 5.65. The molecule has 2 N–H and O–H groups in total. The van der Waals surface area contributed by atoms with Crippen LogP contribution in [0.5, 0.6) is 0 Å². The van der Waals surface area contributed by atoms with E-state index in [0.717, 1.165) is 21.5 Å². The predicted octanol–water partition coefficient (Wildman–Crippen LogP) is 2.34. The SMILES string of the molecule is Nc1nc2cc(-c3cccnc3)ncc2s1. The van der Waals surface area contributed by atoms with E-state index in [9.17, 15) is 0 Å². The molecule has 5 heteroatoms. The average molecular weight is 228 g/mol. The third-order valence-corrected chi connectivity index (χ3v) is 3.08. The lowest BCUT2D eigenvalue weighted by Crippen LogP contribution is -1.84. The lowest BCUT2D eigenvalue weighted by atomic mass is 10.2. The van der Waals surface area contributed by atoms with E-state index < -0.39 is 0 Å². The first-order chi connectivity index (χ1) is 7.83. The highest BCUT2D eigenvalue weighted by atomic mass is 32.1. The normalized spacial score (nSPS) is 10.8. The summed E-state index contributed by atoms with van der Waals surface area (Å²) in [6.07, 6.45) is 5.32. The van der Waals surface area contributed by atoms with Gasteiger partial charge < -0.3 is 5.73 Å². The summed E-state index contributed by atoms with van der Waals surface area (Å²) in [5.41, 5.74) is 8.38. The van der Waals surface area contributed by atoms with Crippen molar-refractivity contribution in [3.05, 3.63) is 36.8 Å². The molecule has 0 fully saturated rings. The van der Waals surface area contributed by atoms with Gasteiger partial charge in [-0.2, -0.15) is 0 Å². The van der Waals surface area contributed by atoms with Gasteiger partial charge in [-0.3, -0.25) is 9.97 Å². The van der Waals surface area contributed by atoms with Gasteiger partial charge >= 0.3 is 0 Å². The van der Waals surface area contributed by atoms with Crippen LogP contribution in [-0.2, 0) is 0 Å². The zero-order valence-corrected chi connectivity index (χ0v) is 9.11. The van der Waals surface area contributed by atoms with Gasteiger partial charge in [0, 0.05) is 24.2 Å². The maximum Gasteiger partial charge on any atom is 0.181 e. The topological polar surface area (TPSA) is 64.7 Å². The highest BCUT2D eigenvalue weighted by molar-refractivity contribution is 7.22. The van der Waals surface area contributed by atoms with Crippen LogP contribution in [0.3, 0.4) is 0 Å². The van der Waals surface area contributed by atoms with E-state index in [4.69, 9.17) is 5.73 Å². The van der Waals surface area contributed by atoms with Crippen LogP contribution in [0, 0.1) is 0 Å². The molecule has 0 aliphatic carbocycles. The zero-order valence-electron chi connectivity index (χ0n) is 8.29. The Kier molecular flexibility index (Phi) is 2.04. The predicted molar refractivity (Wildman–Crippen MR) is 65.1 cm³/mol. The summed E-state index contributed by atoms with van der Waals surface area (Å²) in [6.45, 7) is 0. The van der Waals surface area contributed by atoms with Crippen LogP contribution in [0.2, 0.25) is 0 Å². The Bertz CT molecular complexity index is 633. The Hall–Kier alpha value is -2.01. The highest BCUT2D eigenvalue weighted by Crippen LogP contribution is 2.26. The van der Waals surface area contributed by atoms with Gasteiger partial charge in [-0.05, 0) is 18.2 Å². The van der Waals surface area contributed by atoms with Crippen LogP contribution in [0.25, 0.3) is 21.5 Å². The summed E-state index contributed by atoms with van der Waals surface area (Å²) in [7, 11) is 0. The average Bonchev–Trinajstić information content (AvgIpc) is 2.69. The van der Waals surface area contributed by atoms with E-state index in [2.05, 4.69) is 15.0 Å². The highest BCUT2D eigenvalue weighted by Gasteiger charge is 2.04. The number of nitrogen functional groups attached to an aromatic ring is 1. The molecule has 0 bridgehead atoms. The molecule has 0 aromatic carbocycles. The zero-order chi connectivity index (χ0) is 11.0. The summed E-state index contributed by atoms with van der Waals surface area (Å²) < 4.78 is 1.00. The Morgan fingerprint density at radius 2 is 2.19 bits per heavy atom. The van der Waals surface area contributed by atoms with Gasteiger partial charge in [0.1, 0.15) is 0 Å². The molecule has 0 unspecified atom stereocenters. The molecule has 3 aromatic rings. The number of anilines is 1. The maximum atomic E-state index is 5.65. The Morgan fingerprint density at radius 1 is 1.25 bits per heavy atom. The van der Waals surface area contributed by atoms with Crippen molar-refractivity contribution in [3.8, 4) is 11.3 Å². The molecule has 4 nitrogen and oxygen atoms in total. The molecule has 78 valence electrons. The van der Waals surface area contributed by atoms with Crippen molar-refractivity contribution in [2.45, 2.75) is 0 Å². The molecule has 0 saturated carbocycles. The number of nitrogens with two attached hydrogens (primary N) is 1. The molecular formula is C11H8N4S. The smallest absolute Gasteiger partial charge is 0.181 e. The van der Waals surface area contributed by atoms with Crippen LogP contribution in [-0.4, -0.2) is 15.0 Å². The van der Waals surface area contributed by atoms with E-state index in [1.807, 2.05) is 18.2 Å². The van der Waals surface area contributed by atoms with Crippen molar-refractivity contribution in [2.24, 2.45) is 0 Å². The number of hydrogen-bond acceptors (Lipinski definition) is 5. The molecular weight excluding hydrogens is 220 g/mol. The number of rotatable bonds is 1. The Balaban J connectivity index is 2.18. The number of hydrogen-bond donors (Lipinski definition) is 1. The van der Waals surface area contributed by atoms with Crippen molar-refractivity contribution < 1.29 is 0 Å². The van der Waals surface area contributed by atoms with Crippen molar-refractivity contribution in [1.82, 2.24) is 15.0 Å². The Labute approximate surface area is 95.8 Å². The van der Waals surface area contributed by atoms with Crippen LogP contribution in [0.1, 0.15) is 0 Å². The monoisotopic (exact) mass is 228 g/mol. The van der Waals surface area contributed by atoms with Crippen LogP contribution in [0.4, 0.5) is 5.13 Å². The second-order valence-corrected chi connectivity index (χ2v) is 4.39. The standard InChI is InChI=1S/C11H8N4S/c12-11-15-9-4-8(14-6-10(9)16-11)7-2-1-3-13-5-7/h1-6H,(H2,12,15). The lowest BCUT2D eigenvalue weighted by Gasteiger charge is -1.98. The first kappa shape index (κ1) is 9.23. The fourth-order valence-electron chi connectivity index (χ4n) is 1.52. The largest absolute Gasteiger partial charge is 0.375 e. The van der Waals surface area contributed by atoms with Gasteiger partial charge in [0.25, 0.3) is 0 Å². The molecule has 0 spiro atoms. The van der Waals surface area contributed by atoms with Crippen LogP contribution < -0.4 is 5.73 Å². The number of nitrogens with zero attached hydrogens (tertiary/aromatic N) is 3. The molecule has 0 saturated heterocycles. The van der Waals surface area contributed by atoms with E-state index in [1.54, 1.807) is 18.6 Å². The van der Waals surface area contributed by atoms with Gasteiger partial charge in [-0.25, -0.2) is 4.98 Å². The minimum atomic E-state index is 0.570. The molecule has 3 heterocycles. The molecule has 0 radical (unpaired) electrons. The van der Waals surface area contributed by atoms with E-state index >= 15 is 0 Å². The molecule has 3 aromatic heterocycles. The molecule has 0 amide bonds. The van der Waals surface area contributed by atoms with Crippen molar-refractivity contribution in [3.63, 3.8) is 0 Å². The third-order valence-electron chi connectivity index (χ3n) is 2.25. The van der Waals surface area contributed by atoms with Crippen LogP contribution >= 0.6 is 11.3 Å². The fraction of sp³-hybridized carbons (Fsp3) is 0. The molecule has 0 atom stereocenters. The van der Waals surface area contributed by atoms with E-state index in [0.29, 0.717) is 5.13 Å². The van der Waals surface area contributed by atoms with E-state index in [-0.39, 0.29) is 0 Å². The van der Waals surface area contributed by atoms with Crippen LogP contribution in [0.15, 0.2) is 36.8 Å². The van der Waals surface area contributed by atoms with Crippen molar-refractivity contribution >= 4 is 26.7 Å². The molecule has 3 rings (SSSR count). The van der Waals surface area contributed by atoms with E-state index in [1.165, 1.54) is 11.3 Å². The first-order valence-corrected chi connectivity index (χ1v) is 5.57. The Morgan fingerprint density at radius 3 is 3.00 bits per heavy atom. The quantitative estimate of drug-likeness (QED) is 0.694. The van der Waals surface area contributed by atoms with Gasteiger partial charge in [0.05, 0.1) is 15.9 Å². The fourth-order valence-corrected chi connectivity index (χ4v) is 2.21. The number of fused-ring (bicyclic) bond motifs is 1. The summed E-state index contributed by atoms with van der Waals surface area (Å²) in [4.78, 5) is 12.7. The summed E-state index contributed by atoms with van der Waals surface area (Å²) in [6, 6.07) is 5.78. The summed E-state index contributed by atoms with van der Waals surface area (Å²) in [5.74, 6) is 0. The minimum absolute atomic E-state index is 0.570.